The molecule has 1 aromatic heterocycles. The summed E-state index contributed by atoms with van der Waals surface area (Å²) in [4.78, 5) is 51.9. The molecule has 0 aliphatic heterocycles. The summed E-state index contributed by atoms with van der Waals surface area (Å²) in [5.41, 5.74) is 3.27. The number of para-hydroxylation sites is 1. The van der Waals surface area contributed by atoms with Crippen LogP contribution in [0.5, 0.6) is 0 Å². The van der Waals surface area contributed by atoms with Crippen LogP contribution in [0.2, 0.25) is 0 Å². The standard InChI is InChI=1S/C33H32N4O5S3/c1-5-42-32(41)27-19(2)28(30(40)34-23-10-7-6-8-11-23)45-31(27)37-29(39)21(4)44-26-13-9-12-25(18-26)36-33(43)35-24-16-14-22(15-17-24)20(3)38/h6-18,21H,5H2,1-4H3,(H,34,40)(H,37,39)(H2,35,36,43). The molecule has 12 heteroatoms. The fraction of sp³-hybridized carbons (Fsp3) is 0.182. The quantitative estimate of drug-likeness (QED) is 0.0556. The third kappa shape index (κ3) is 9.00. The molecule has 232 valence electrons. The van der Waals surface area contributed by atoms with Gasteiger partial charge in [0.1, 0.15) is 5.00 Å². The Balaban J connectivity index is 1.43. The normalized spacial score (nSPS) is 11.2. The highest BCUT2D eigenvalue weighted by Crippen LogP contribution is 2.35. The molecule has 0 aliphatic carbocycles. The van der Waals surface area contributed by atoms with Gasteiger partial charge in [-0.25, -0.2) is 4.79 Å². The summed E-state index contributed by atoms with van der Waals surface area (Å²) >= 11 is 7.80. The van der Waals surface area contributed by atoms with Gasteiger partial charge < -0.3 is 26.0 Å². The Labute approximate surface area is 275 Å². The summed E-state index contributed by atoms with van der Waals surface area (Å²) < 4.78 is 5.24. The number of carbonyl (C=O) groups excluding carboxylic acids is 4. The van der Waals surface area contributed by atoms with Crippen molar-refractivity contribution in [2.45, 2.75) is 37.8 Å². The van der Waals surface area contributed by atoms with Gasteiger partial charge >= 0.3 is 5.97 Å². The zero-order chi connectivity index (χ0) is 32.5. The number of rotatable bonds is 11. The van der Waals surface area contributed by atoms with Gasteiger partial charge in [-0.05, 0) is 100 Å². The third-order valence-electron chi connectivity index (χ3n) is 6.42. The van der Waals surface area contributed by atoms with Crippen LogP contribution in [0, 0.1) is 6.92 Å². The monoisotopic (exact) mass is 660 g/mol. The summed E-state index contributed by atoms with van der Waals surface area (Å²) in [6, 6.07) is 23.4. The second kappa shape index (κ2) is 15.5. The minimum absolute atomic E-state index is 0.0135. The van der Waals surface area contributed by atoms with E-state index in [0.717, 1.165) is 27.6 Å². The summed E-state index contributed by atoms with van der Waals surface area (Å²) in [7, 11) is 0. The highest BCUT2D eigenvalue weighted by Gasteiger charge is 2.28. The van der Waals surface area contributed by atoms with E-state index in [1.54, 1.807) is 69.3 Å². The summed E-state index contributed by atoms with van der Waals surface area (Å²) in [5, 5.41) is 12.0. The molecule has 2 amide bonds. The van der Waals surface area contributed by atoms with Gasteiger partial charge in [0.15, 0.2) is 10.9 Å². The van der Waals surface area contributed by atoms with E-state index < -0.39 is 11.2 Å². The van der Waals surface area contributed by atoms with Crippen molar-refractivity contribution in [1.82, 2.24) is 0 Å². The number of hydrogen-bond acceptors (Lipinski definition) is 8. The number of anilines is 4. The number of hydrogen-bond donors (Lipinski definition) is 4. The van der Waals surface area contributed by atoms with Crippen molar-refractivity contribution < 1.29 is 23.9 Å². The van der Waals surface area contributed by atoms with Crippen LogP contribution in [0.15, 0.2) is 83.8 Å². The average Bonchev–Trinajstić information content (AvgIpc) is 3.33. The molecule has 1 atom stereocenters. The van der Waals surface area contributed by atoms with E-state index in [1.807, 2.05) is 30.3 Å². The number of esters is 1. The molecule has 0 aliphatic rings. The van der Waals surface area contributed by atoms with E-state index in [1.165, 1.54) is 18.7 Å². The molecule has 0 spiro atoms. The lowest BCUT2D eigenvalue weighted by molar-refractivity contribution is -0.115. The van der Waals surface area contributed by atoms with Crippen molar-refractivity contribution in [2.24, 2.45) is 0 Å². The minimum Gasteiger partial charge on any atom is -0.462 e. The van der Waals surface area contributed by atoms with Crippen LogP contribution >= 0.6 is 35.3 Å². The Kier molecular flexibility index (Phi) is 11.5. The van der Waals surface area contributed by atoms with E-state index in [0.29, 0.717) is 26.8 Å². The fourth-order valence-corrected chi connectivity index (χ4v) is 6.43. The lowest BCUT2D eigenvalue weighted by Gasteiger charge is -2.14. The van der Waals surface area contributed by atoms with Crippen LogP contribution in [-0.4, -0.2) is 40.5 Å². The number of ether oxygens (including phenoxy) is 1. The fourth-order valence-electron chi connectivity index (χ4n) is 4.18. The van der Waals surface area contributed by atoms with E-state index in [4.69, 9.17) is 17.0 Å². The van der Waals surface area contributed by atoms with Crippen molar-refractivity contribution in [1.29, 1.82) is 0 Å². The molecular weight excluding hydrogens is 629 g/mol. The molecule has 0 fully saturated rings. The van der Waals surface area contributed by atoms with E-state index in [-0.39, 0.29) is 34.8 Å². The Morgan fingerprint density at radius 3 is 2.18 bits per heavy atom. The molecule has 9 nitrogen and oxygen atoms in total. The van der Waals surface area contributed by atoms with Gasteiger partial charge in [0, 0.05) is 27.5 Å². The Bertz CT molecular complexity index is 1720. The van der Waals surface area contributed by atoms with Crippen LogP contribution in [-0.2, 0) is 9.53 Å². The summed E-state index contributed by atoms with van der Waals surface area (Å²) in [6.45, 7) is 6.77. The summed E-state index contributed by atoms with van der Waals surface area (Å²) in [5.74, 6) is -1.35. The maximum Gasteiger partial charge on any atom is 0.341 e. The molecule has 45 heavy (non-hydrogen) atoms. The van der Waals surface area contributed by atoms with E-state index >= 15 is 0 Å². The van der Waals surface area contributed by atoms with E-state index in [2.05, 4.69) is 21.3 Å². The number of Topliss-reactive ketones (excluding diaryl/α,β-unsaturated/α-hetero) is 1. The molecular formula is C33H32N4O5S3. The van der Waals surface area contributed by atoms with Gasteiger partial charge in [0.05, 0.1) is 22.3 Å². The molecule has 4 N–H and O–H groups in total. The zero-order valence-electron chi connectivity index (χ0n) is 25.1. The number of thioether (sulfide) groups is 1. The predicted molar refractivity (Wildman–Crippen MR) is 186 cm³/mol. The topological polar surface area (TPSA) is 126 Å². The number of benzene rings is 3. The molecule has 4 rings (SSSR count). The SMILES string of the molecule is CCOC(=O)c1c(NC(=O)C(C)Sc2cccc(NC(=S)Nc3ccc(C(C)=O)cc3)c2)sc(C(=O)Nc2ccccc2)c1C. The Hall–Kier alpha value is -4.52. The third-order valence-corrected chi connectivity index (χ3v) is 8.93. The Morgan fingerprint density at radius 1 is 0.867 bits per heavy atom. The molecule has 3 aromatic carbocycles. The van der Waals surface area contributed by atoms with Crippen molar-refractivity contribution in [3.63, 3.8) is 0 Å². The van der Waals surface area contributed by atoms with E-state index in [9.17, 15) is 19.2 Å². The zero-order valence-corrected chi connectivity index (χ0v) is 27.5. The van der Waals surface area contributed by atoms with Crippen molar-refractivity contribution >= 4 is 86.1 Å². The van der Waals surface area contributed by atoms with Gasteiger partial charge in [-0.3, -0.25) is 14.4 Å². The highest BCUT2D eigenvalue weighted by atomic mass is 32.2. The molecule has 0 saturated carbocycles. The molecule has 4 aromatic rings. The van der Waals surface area contributed by atoms with Crippen LogP contribution in [0.3, 0.4) is 0 Å². The highest BCUT2D eigenvalue weighted by molar-refractivity contribution is 8.00. The molecule has 1 unspecified atom stereocenters. The number of thiophene rings is 1. The lowest BCUT2D eigenvalue weighted by Crippen LogP contribution is -2.23. The first-order chi connectivity index (χ1) is 21.5. The minimum atomic E-state index is -0.612. The summed E-state index contributed by atoms with van der Waals surface area (Å²) in [6.07, 6.45) is 0. The van der Waals surface area contributed by atoms with Gasteiger partial charge in [0.25, 0.3) is 5.91 Å². The smallest absolute Gasteiger partial charge is 0.341 e. The molecule has 0 radical (unpaired) electrons. The number of thiocarbonyl (C=S) groups is 1. The van der Waals surface area contributed by atoms with Crippen LogP contribution in [0.4, 0.5) is 22.1 Å². The van der Waals surface area contributed by atoms with Crippen LogP contribution in [0.1, 0.15) is 56.7 Å². The first-order valence-corrected chi connectivity index (χ1v) is 16.1. The lowest BCUT2D eigenvalue weighted by atomic mass is 10.1. The molecule has 0 saturated heterocycles. The molecule has 0 bridgehead atoms. The van der Waals surface area contributed by atoms with Crippen molar-refractivity contribution in [3.05, 3.63) is 100 Å². The van der Waals surface area contributed by atoms with Gasteiger partial charge in [-0.1, -0.05) is 24.3 Å². The van der Waals surface area contributed by atoms with Crippen molar-refractivity contribution in [3.8, 4) is 0 Å². The van der Waals surface area contributed by atoms with Crippen LogP contribution < -0.4 is 21.3 Å². The van der Waals surface area contributed by atoms with Crippen molar-refractivity contribution in [2.75, 3.05) is 27.9 Å². The average molecular weight is 661 g/mol. The Morgan fingerprint density at radius 2 is 1.51 bits per heavy atom. The largest absolute Gasteiger partial charge is 0.462 e. The number of nitrogens with one attached hydrogen (secondary N) is 4. The van der Waals surface area contributed by atoms with Gasteiger partial charge in [-0.2, -0.15) is 0 Å². The number of ketones is 1. The number of carbonyl (C=O) groups is 4. The second-order valence-electron chi connectivity index (χ2n) is 9.79. The maximum atomic E-state index is 13.3. The van der Waals surface area contributed by atoms with Crippen LogP contribution in [0.25, 0.3) is 0 Å². The van der Waals surface area contributed by atoms with Gasteiger partial charge in [-0.15, -0.1) is 23.1 Å². The first kappa shape index (κ1) is 33.4. The first-order valence-electron chi connectivity index (χ1n) is 14.0. The van der Waals surface area contributed by atoms with Gasteiger partial charge in [0.2, 0.25) is 5.91 Å². The predicted octanol–water partition coefficient (Wildman–Crippen LogP) is 7.62. The second-order valence-corrected chi connectivity index (χ2v) is 12.6. The number of amides is 2. The molecule has 1 heterocycles. The maximum absolute atomic E-state index is 13.3.